The Morgan fingerprint density at radius 1 is 1.40 bits per heavy atom. The van der Waals surface area contributed by atoms with Crippen LogP contribution < -0.4 is 5.73 Å². The van der Waals surface area contributed by atoms with E-state index in [0.717, 1.165) is 24.2 Å². The number of carbonyl (C=O) groups excluding carboxylic acids is 1. The lowest BCUT2D eigenvalue weighted by atomic mass is 9.89. The van der Waals surface area contributed by atoms with Gasteiger partial charge >= 0.3 is 0 Å². The van der Waals surface area contributed by atoms with Gasteiger partial charge in [-0.1, -0.05) is 6.07 Å². The lowest BCUT2D eigenvalue weighted by Crippen LogP contribution is -2.29. The number of nitrogens with one attached hydrogen (secondary N) is 1. The number of fused-ring (bicyclic) bond motifs is 1. The summed E-state index contributed by atoms with van der Waals surface area (Å²) in [6.45, 7) is 2.30. The predicted molar refractivity (Wildman–Crippen MR) is 80.7 cm³/mol. The highest BCUT2D eigenvalue weighted by atomic mass is 16.1. The molecule has 1 aliphatic rings. The zero-order valence-corrected chi connectivity index (χ0v) is 11.9. The second kappa shape index (κ2) is 5.29. The Balaban J connectivity index is 1.92. The number of piperidine rings is 1. The van der Waals surface area contributed by atoms with Crippen LogP contribution in [0.2, 0.25) is 0 Å². The molecule has 20 heavy (non-hydrogen) atoms. The first-order chi connectivity index (χ1) is 9.63. The molecule has 1 aromatic carbocycles. The maximum Gasteiger partial charge on any atom is 0.221 e. The topological polar surface area (TPSA) is 62.1 Å². The van der Waals surface area contributed by atoms with Crippen LogP contribution in [0.25, 0.3) is 10.9 Å². The molecule has 3 rings (SSSR count). The molecule has 0 aliphatic carbocycles. The smallest absolute Gasteiger partial charge is 0.221 e. The third-order valence-electron chi connectivity index (χ3n) is 4.31. The minimum Gasteiger partial charge on any atom is -0.369 e. The highest BCUT2D eigenvalue weighted by molar-refractivity contribution is 5.86. The summed E-state index contributed by atoms with van der Waals surface area (Å²) in [5, 5.41) is 1.25. The zero-order valence-electron chi connectivity index (χ0n) is 11.9. The number of nitrogens with zero attached hydrogens (tertiary/aromatic N) is 1. The fourth-order valence-corrected chi connectivity index (χ4v) is 3.16. The molecule has 1 amide bonds. The Morgan fingerprint density at radius 2 is 2.15 bits per heavy atom. The number of aromatic amines is 1. The molecular weight excluding hydrogens is 250 g/mol. The molecule has 2 aromatic rings. The molecule has 0 spiro atoms. The van der Waals surface area contributed by atoms with E-state index in [1.165, 1.54) is 23.8 Å². The second-order valence-corrected chi connectivity index (χ2v) is 5.84. The Hall–Kier alpha value is -1.81. The second-order valence-electron chi connectivity index (χ2n) is 5.84. The minimum absolute atomic E-state index is 0.277. The maximum atomic E-state index is 11.1. The molecule has 1 saturated heterocycles. The number of hydrogen-bond acceptors (Lipinski definition) is 2. The van der Waals surface area contributed by atoms with Crippen molar-refractivity contribution in [3.05, 3.63) is 35.5 Å². The van der Waals surface area contributed by atoms with Crippen molar-refractivity contribution in [3.8, 4) is 0 Å². The van der Waals surface area contributed by atoms with Gasteiger partial charge in [-0.25, -0.2) is 0 Å². The summed E-state index contributed by atoms with van der Waals surface area (Å²) in [6.07, 6.45) is 4.84. The van der Waals surface area contributed by atoms with Gasteiger partial charge in [-0.15, -0.1) is 0 Å². The van der Waals surface area contributed by atoms with Gasteiger partial charge in [0, 0.05) is 17.1 Å². The van der Waals surface area contributed by atoms with E-state index in [4.69, 9.17) is 5.73 Å². The summed E-state index contributed by atoms with van der Waals surface area (Å²) in [5.74, 6) is 0.338. The van der Waals surface area contributed by atoms with Gasteiger partial charge in [0.05, 0.1) is 6.42 Å². The van der Waals surface area contributed by atoms with Crippen LogP contribution in [0, 0.1) is 0 Å². The lowest BCUT2D eigenvalue weighted by molar-refractivity contribution is -0.117. The summed E-state index contributed by atoms with van der Waals surface area (Å²) in [5.41, 5.74) is 8.82. The SMILES string of the molecule is CN1CCC(c2c[nH]c3ccc(CC(N)=O)cc23)CC1. The molecule has 1 aromatic heterocycles. The molecule has 0 unspecified atom stereocenters. The molecule has 0 saturated carbocycles. The van der Waals surface area contributed by atoms with Gasteiger partial charge in [0.1, 0.15) is 0 Å². The van der Waals surface area contributed by atoms with Crippen LogP contribution in [0.5, 0.6) is 0 Å². The number of nitrogens with two attached hydrogens (primary N) is 1. The van der Waals surface area contributed by atoms with Crippen molar-refractivity contribution in [2.24, 2.45) is 5.73 Å². The monoisotopic (exact) mass is 271 g/mol. The Bertz CT molecular complexity index is 624. The average Bonchev–Trinajstić information content (AvgIpc) is 2.82. The van der Waals surface area contributed by atoms with E-state index >= 15 is 0 Å². The van der Waals surface area contributed by atoms with Gasteiger partial charge < -0.3 is 15.6 Å². The fourth-order valence-electron chi connectivity index (χ4n) is 3.16. The van der Waals surface area contributed by atoms with E-state index < -0.39 is 0 Å². The zero-order chi connectivity index (χ0) is 14.1. The Morgan fingerprint density at radius 3 is 2.85 bits per heavy atom. The van der Waals surface area contributed by atoms with Gasteiger partial charge in [0.15, 0.2) is 0 Å². The largest absolute Gasteiger partial charge is 0.369 e. The van der Waals surface area contributed by atoms with Gasteiger partial charge in [-0.05, 0) is 62.2 Å². The normalized spacial score (nSPS) is 17.6. The van der Waals surface area contributed by atoms with Crippen LogP contribution in [0.4, 0.5) is 0 Å². The van der Waals surface area contributed by atoms with Crippen molar-refractivity contribution < 1.29 is 4.79 Å². The fraction of sp³-hybridized carbons (Fsp3) is 0.438. The summed E-state index contributed by atoms with van der Waals surface area (Å²) in [4.78, 5) is 16.8. The first-order valence-electron chi connectivity index (χ1n) is 7.20. The van der Waals surface area contributed by atoms with E-state index in [2.05, 4.69) is 29.2 Å². The van der Waals surface area contributed by atoms with E-state index in [-0.39, 0.29) is 5.91 Å². The van der Waals surface area contributed by atoms with E-state index in [0.29, 0.717) is 12.3 Å². The quantitative estimate of drug-likeness (QED) is 0.897. The number of hydrogen-bond donors (Lipinski definition) is 2. The Kier molecular flexibility index (Phi) is 3.49. The van der Waals surface area contributed by atoms with E-state index in [1.54, 1.807) is 0 Å². The van der Waals surface area contributed by atoms with Crippen LogP contribution in [0.1, 0.15) is 29.9 Å². The van der Waals surface area contributed by atoms with Crippen LogP contribution in [-0.2, 0) is 11.2 Å². The van der Waals surface area contributed by atoms with Crippen molar-refractivity contribution in [2.75, 3.05) is 20.1 Å². The number of amides is 1. The molecule has 2 heterocycles. The number of carbonyl (C=O) groups is 1. The molecule has 0 atom stereocenters. The number of aromatic nitrogens is 1. The molecule has 0 radical (unpaired) electrons. The van der Waals surface area contributed by atoms with Gasteiger partial charge in [-0.2, -0.15) is 0 Å². The van der Waals surface area contributed by atoms with E-state index in [9.17, 15) is 4.79 Å². The van der Waals surface area contributed by atoms with Gasteiger partial charge in [-0.3, -0.25) is 4.79 Å². The minimum atomic E-state index is -0.277. The van der Waals surface area contributed by atoms with Crippen LogP contribution in [0.3, 0.4) is 0 Å². The molecule has 106 valence electrons. The molecular formula is C16H21N3O. The summed E-state index contributed by atoms with van der Waals surface area (Å²) in [6, 6.07) is 6.14. The standard InChI is InChI=1S/C16H21N3O/c1-19-6-4-12(5-7-19)14-10-18-15-3-2-11(8-13(14)15)9-16(17)20/h2-3,8,10,12,18H,4-7,9H2,1H3,(H2,17,20). The summed E-state index contributed by atoms with van der Waals surface area (Å²) < 4.78 is 0. The maximum absolute atomic E-state index is 11.1. The summed E-state index contributed by atoms with van der Waals surface area (Å²) >= 11 is 0. The van der Waals surface area contributed by atoms with Gasteiger partial charge in [0.2, 0.25) is 5.91 Å². The third-order valence-corrected chi connectivity index (χ3v) is 4.31. The molecule has 1 fully saturated rings. The van der Waals surface area contributed by atoms with Crippen LogP contribution in [-0.4, -0.2) is 35.9 Å². The first kappa shape index (κ1) is 13.2. The first-order valence-corrected chi connectivity index (χ1v) is 7.20. The third kappa shape index (κ3) is 2.56. The van der Waals surface area contributed by atoms with Crippen LogP contribution >= 0.6 is 0 Å². The number of primary amides is 1. The molecule has 0 bridgehead atoms. The number of H-pyrrole nitrogens is 1. The summed E-state index contributed by atoms with van der Waals surface area (Å²) in [7, 11) is 2.18. The van der Waals surface area contributed by atoms with Crippen molar-refractivity contribution >= 4 is 16.8 Å². The number of rotatable bonds is 3. The van der Waals surface area contributed by atoms with E-state index in [1.807, 2.05) is 12.1 Å². The molecule has 3 N–H and O–H groups in total. The van der Waals surface area contributed by atoms with Crippen molar-refractivity contribution in [3.63, 3.8) is 0 Å². The predicted octanol–water partition coefficient (Wildman–Crippen LogP) is 2.00. The number of likely N-dealkylation sites (tertiary alicyclic amines) is 1. The van der Waals surface area contributed by atoms with Crippen molar-refractivity contribution in [1.82, 2.24) is 9.88 Å². The highest BCUT2D eigenvalue weighted by Gasteiger charge is 2.21. The lowest BCUT2D eigenvalue weighted by Gasteiger charge is -2.28. The van der Waals surface area contributed by atoms with Crippen molar-refractivity contribution in [2.45, 2.75) is 25.2 Å². The van der Waals surface area contributed by atoms with Crippen molar-refractivity contribution in [1.29, 1.82) is 0 Å². The molecule has 4 heteroatoms. The Labute approximate surface area is 118 Å². The molecule has 1 aliphatic heterocycles. The number of benzene rings is 1. The van der Waals surface area contributed by atoms with Crippen LogP contribution in [0.15, 0.2) is 24.4 Å². The average molecular weight is 271 g/mol. The molecule has 4 nitrogen and oxygen atoms in total. The van der Waals surface area contributed by atoms with Gasteiger partial charge in [0.25, 0.3) is 0 Å². The highest BCUT2D eigenvalue weighted by Crippen LogP contribution is 2.33.